The number of carbonyl (C=O) groups is 2. The number of carbonyl (C=O) groups excluding carboxylic acids is 2. The highest BCUT2D eigenvalue weighted by molar-refractivity contribution is 5.95. The standard InChI is InChI=1S/C23H28FN3O6/c1-6-15(11-9-13-24)10-8-12-16-19(25-3)20(29)18(23(32)33-7-2)22(31)27(16)14-17(28)21(30)26(4)5/h6,8-9,11-13,17,28-29H,1,3,7,10,14H2,2,4-5H3/b12-8+,13-9+,15-11+. The summed E-state index contributed by atoms with van der Waals surface area (Å²) in [5, 5.41) is 20.9. The molecule has 178 valence electrons. The number of nitrogens with zero attached hydrogens (tertiary/aromatic N) is 3. The molecule has 1 atom stereocenters. The van der Waals surface area contributed by atoms with Gasteiger partial charge in [0.05, 0.1) is 25.2 Å². The van der Waals surface area contributed by atoms with Gasteiger partial charge in [-0.15, -0.1) is 0 Å². The molecule has 0 fully saturated rings. The van der Waals surface area contributed by atoms with Crippen molar-refractivity contribution < 1.29 is 28.9 Å². The Hall–Kier alpha value is -3.79. The molecule has 0 aliphatic heterocycles. The Balaban J connectivity index is 3.72. The molecule has 1 unspecified atom stereocenters. The zero-order chi connectivity index (χ0) is 25.1. The van der Waals surface area contributed by atoms with Crippen molar-refractivity contribution in [1.29, 1.82) is 0 Å². The smallest absolute Gasteiger partial charge is 0.347 e. The van der Waals surface area contributed by atoms with Crippen LogP contribution in [0.15, 0.2) is 52.6 Å². The number of aliphatic imine (C=N–C) groups is 1. The predicted molar refractivity (Wildman–Crippen MR) is 124 cm³/mol. The Morgan fingerprint density at radius 2 is 2.03 bits per heavy atom. The molecule has 0 saturated heterocycles. The van der Waals surface area contributed by atoms with Crippen LogP contribution in [0.4, 0.5) is 10.1 Å². The zero-order valence-electron chi connectivity index (χ0n) is 18.8. The number of hydrogen-bond donors (Lipinski definition) is 2. The highest BCUT2D eigenvalue weighted by Gasteiger charge is 2.28. The quantitative estimate of drug-likeness (QED) is 0.297. The summed E-state index contributed by atoms with van der Waals surface area (Å²) in [5.74, 6) is -2.50. The maximum atomic E-state index is 13.1. The van der Waals surface area contributed by atoms with Crippen LogP contribution >= 0.6 is 0 Å². The van der Waals surface area contributed by atoms with E-state index in [-0.39, 0.29) is 24.4 Å². The van der Waals surface area contributed by atoms with Gasteiger partial charge in [0.1, 0.15) is 5.69 Å². The maximum absolute atomic E-state index is 13.1. The summed E-state index contributed by atoms with van der Waals surface area (Å²) in [6, 6.07) is 0. The van der Waals surface area contributed by atoms with Gasteiger partial charge < -0.3 is 24.4 Å². The zero-order valence-corrected chi connectivity index (χ0v) is 18.8. The second-order valence-electron chi connectivity index (χ2n) is 6.87. The van der Waals surface area contributed by atoms with Crippen molar-refractivity contribution in [2.24, 2.45) is 4.99 Å². The molecule has 0 radical (unpaired) electrons. The molecule has 1 heterocycles. The minimum atomic E-state index is -1.62. The summed E-state index contributed by atoms with van der Waals surface area (Å²) >= 11 is 0. The number of aliphatic hydroxyl groups excluding tert-OH is 1. The molecule has 1 amide bonds. The fraction of sp³-hybridized carbons (Fsp3) is 0.304. The number of aliphatic hydroxyl groups is 1. The third-order valence-corrected chi connectivity index (χ3v) is 4.45. The van der Waals surface area contributed by atoms with Crippen LogP contribution in [0.25, 0.3) is 6.08 Å². The third-order valence-electron chi connectivity index (χ3n) is 4.45. The van der Waals surface area contributed by atoms with Crippen molar-refractivity contribution >= 4 is 30.4 Å². The molecule has 1 aromatic rings. The highest BCUT2D eigenvalue weighted by Crippen LogP contribution is 2.33. The summed E-state index contributed by atoms with van der Waals surface area (Å²) in [4.78, 5) is 42.5. The maximum Gasteiger partial charge on any atom is 0.347 e. The molecule has 1 aromatic heterocycles. The minimum absolute atomic E-state index is 0.00407. The molecule has 0 saturated carbocycles. The lowest BCUT2D eigenvalue weighted by Crippen LogP contribution is -2.40. The molecule has 9 nitrogen and oxygen atoms in total. The minimum Gasteiger partial charge on any atom is -0.505 e. The number of ether oxygens (including phenoxy) is 1. The number of halogens is 1. The number of aromatic hydroxyl groups is 1. The fourth-order valence-corrected chi connectivity index (χ4v) is 2.84. The van der Waals surface area contributed by atoms with E-state index in [0.717, 1.165) is 9.47 Å². The van der Waals surface area contributed by atoms with Gasteiger partial charge in [0.25, 0.3) is 11.5 Å². The second-order valence-corrected chi connectivity index (χ2v) is 6.87. The molecular formula is C23H28FN3O6. The number of hydrogen-bond acceptors (Lipinski definition) is 7. The van der Waals surface area contributed by atoms with E-state index >= 15 is 0 Å². The van der Waals surface area contributed by atoms with E-state index in [1.54, 1.807) is 6.08 Å². The lowest BCUT2D eigenvalue weighted by Gasteiger charge is -2.20. The van der Waals surface area contributed by atoms with Crippen LogP contribution in [0, 0.1) is 0 Å². The number of pyridine rings is 1. The molecule has 33 heavy (non-hydrogen) atoms. The van der Waals surface area contributed by atoms with E-state index in [2.05, 4.69) is 18.3 Å². The Morgan fingerprint density at radius 3 is 2.55 bits per heavy atom. The Bertz CT molecular complexity index is 1050. The van der Waals surface area contributed by atoms with Gasteiger partial charge in [0.2, 0.25) is 0 Å². The highest BCUT2D eigenvalue weighted by atomic mass is 19.1. The van der Waals surface area contributed by atoms with Crippen molar-refractivity contribution in [3.8, 4) is 5.75 Å². The summed E-state index contributed by atoms with van der Waals surface area (Å²) in [5.41, 5.74) is -1.26. The third kappa shape index (κ3) is 6.84. The molecule has 0 bridgehead atoms. The van der Waals surface area contributed by atoms with Crippen LogP contribution in [0.3, 0.4) is 0 Å². The molecule has 0 spiro atoms. The van der Waals surface area contributed by atoms with Crippen molar-refractivity contribution in [2.75, 3.05) is 20.7 Å². The molecule has 0 aliphatic carbocycles. The van der Waals surface area contributed by atoms with Gasteiger partial charge in [-0.05, 0) is 37.8 Å². The Kier molecular flexibility index (Phi) is 10.7. The SMILES string of the molecule is C=C/C(=C\C=C\F)C/C=C/c1c(N=C)c(O)c(C(=O)OCC)c(=O)n1CC(O)C(=O)N(C)C. The molecule has 10 heteroatoms. The van der Waals surface area contributed by atoms with Crippen LogP contribution in [0.5, 0.6) is 5.75 Å². The van der Waals surface area contributed by atoms with Crippen LogP contribution in [-0.4, -0.2) is 65.1 Å². The van der Waals surface area contributed by atoms with E-state index in [0.29, 0.717) is 11.9 Å². The molecule has 2 N–H and O–H groups in total. The number of esters is 1. The largest absolute Gasteiger partial charge is 0.505 e. The summed E-state index contributed by atoms with van der Waals surface area (Å²) in [6.45, 7) is 7.96. The van der Waals surface area contributed by atoms with E-state index in [1.165, 1.54) is 45.3 Å². The average molecular weight is 461 g/mol. The number of aromatic nitrogens is 1. The number of amides is 1. The van der Waals surface area contributed by atoms with E-state index in [9.17, 15) is 29.0 Å². The van der Waals surface area contributed by atoms with Crippen molar-refractivity contribution in [3.05, 3.63) is 64.4 Å². The van der Waals surface area contributed by atoms with Crippen molar-refractivity contribution in [2.45, 2.75) is 26.0 Å². The van der Waals surface area contributed by atoms with E-state index in [1.807, 2.05) is 0 Å². The number of rotatable bonds is 11. The van der Waals surface area contributed by atoms with Crippen LogP contribution in [-0.2, 0) is 16.1 Å². The predicted octanol–water partition coefficient (Wildman–Crippen LogP) is 2.51. The van der Waals surface area contributed by atoms with Gasteiger partial charge in [0.15, 0.2) is 17.4 Å². The van der Waals surface area contributed by atoms with Crippen molar-refractivity contribution in [3.63, 3.8) is 0 Å². The normalized spacial score (nSPS) is 12.7. The van der Waals surface area contributed by atoms with Crippen LogP contribution in [0.1, 0.15) is 29.4 Å². The van der Waals surface area contributed by atoms with Gasteiger partial charge in [-0.25, -0.2) is 9.18 Å². The lowest BCUT2D eigenvalue weighted by molar-refractivity contribution is -0.138. The topological polar surface area (TPSA) is 121 Å². The molecule has 1 rings (SSSR count). The first-order chi connectivity index (χ1) is 15.6. The van der Waals surface area contributed by atoms with E-state index in [4.69, 9.17) is 4.74 Å². The summed E-state index contributed by atoms with van der Waals surface area (Å²) in [6.07, 6.45) is 6.15. The van der Waals surface area contributed by atoms with E-state index < -0.39 is 41.4 Å². The molecular weight excluding hydrogens is 433 g/mol. The molecule has 0 aliphatic rings. The first-order valence-corrected chi connectivity index (χ1v) is 9.92. The molecule has 0 aromatic carbocycles. The second kappa shape index (κ2) is 12.9. The first kappa shape index (κ1) is 27.2. The monoisotopic (exact) mass is 461 g/mol. The van der Waals surface area contributed by atoms with Gasteiger partial charge in [-0.2, -0.15) is 0 Å². The number of allylic oxidation sites excluding steroid dienone is 5. The van der Waals surface area contributed by atoms with Gasteiger partial charge >= 0.3 is 5.97 Å². The van der Waals surface area contributed by atoms with Gasteiger partial charge in [-0.1, -0.05) is 24.8 Å². The van der Waals surface area contributed by atoms with Crippen molar-refractivity contribution in [1.82, 2.24) is 9.47 Å². The van der Waals surface area contributed by atoms with Gasteiger partial charge in [-0.3, -0.25) is 14.6 Å². The average Bonchev–Trinajstić information content (AvgIpc) is 2.77. The van der Waals surface area contributed by atoms with Crippen LogP contribution < -0.4 is 5.56 Å². The fourth-order valence-electron chi connectivity index (χ4n) is 2.84. The lowest BCUT2D eigenvalue weighted by atomic mass is 10.1. The summed E-state index contributed by atoms with van der Waals surface area (Å²) in [7, 11) is 2.86. The summed E-state index contributed by atoms with van der Waals surface area (Å²) < 4.78 is 18.1. The Morgan fingerprint density at radius 1 is 1.36 bits per heavy atom. The van der Waals surface area contributed by atoms with Crippen LogP contribution in [0.2, 0.25) is 0 Å². The number of likely N-dealkylation sites (N-methyl/N-ethyl adjacent to an activating group) is 1. The Labute approximate surface area is 191 Å². The first-order valence-electron chi connectivity index (χ1n) is 9.92. The van der Waals surface area contributed by atoms with Gasteiger partial charge in [0, 0.05) is 14.1 Å².